The van der Waals surface area contributed by atoms with Gasteiger partial charge in [0.15, 0.2) is 0 Å². The van der Waals surface area contributed by atoms with Crippen LogP contribution in [0.5, 0.6) is 0 Å². The van der Waals surface area contributed by atoms with Crippen molar-refractivity contribution >= 4 is 5.82 Å². The van der Waals surface area contributed by atoms with Crippen LogP contribution in [0.2, 0.25) is 0 Å². The first-order valence-electron chi connectivity index (χ1n) is 4.07. The maximum atomic E-state index is 5.56. The maximum Gasteiger partial charge on any atom is 0.145 e. The van der Waals surface area contributed by atoms with Gasteiger partial charge in [-0.3, -0.25) is 4.68 Å². The quantitative estimate of drug-likeness (QED) is 0.695. The molecule has 0 aromatic carbocycles. The Morgan fingerprint density at radius 2 is 2.50 bits per heavy atom. The largest absolute Gasteiger partial charge is 0.382 e. The third-order valence-electron chi connectivity index (χ3n) is 1.87. The summed E-state index contributed by atoms with van der Waals surface area (Å²) in [6.07, 6.45) is 2.81. The lowest BCUT2D eigenvalue weighted by Crippen LogP contribution is -2.08. The molecule has 0 radical (unpaired) electrons. The van der Waals surface area contributed by atoms with Crippen molar-refractivity contribution in [3.63, 3.8) is 0 Å². The number of hydrogen-bond acceptors (Lipinski definition) is 2. The van der Waals surface area contributed by atoms with Crippen molar-refractivity contribution in [2.45, 2.75) is 26.3 Å². The summed E-state index contributed by atoms with van der Waals surface area (Å²) in [5, 5.41) is 4.18. The summed E-state index contributed by atoms with van der Waals surface area (Å²) in [6.45, 7) is 7.79. The first kappa shape index (κ1) is 8.84. The average molecular weight is 165 g/mol. The zero-order valence-corrected chi connectivity index (χ0v) is 7.62. The number of nitrogens with zero attached hydrogens (tertiary/aromatic N) is 2. The van der Waals surface area contributed by atoms with E-state index in [0.29, 0.717) is 11.9 Å². The van der Waals surface area contributed by atoms with Gasteiger partial charge in [-0.15, -0.1) is 6.58 Å². The van der Waals surface area contributed by atoms with Gasteiger partial charge in [0.25, 0.3) is 0 Å². The van der Waals surface area contributed by atoms with Crippen LogP contribution in [0, 0.1) is 6.92 Å². The minimum atomic E-state index is 0.347. The van der Waals surface area contributed by atoms with Crippen molar-refractivity contribution in [3.8, 4) is 0 Å². The van der Waals surface area contributed by atoms with E-state index >= 15 is 0 Å². The highest BCUT2D eigenvalue weighted by atomic mass is 15.3. The number of aryl methyl sites for hydroxylation is 1. The van der Waals surface area contributed by atoms with Crippen LogP contribution in [-0.2, 0) is 0 Å². The third kappa shape index (κ3) is 1.67. The van der Waals surface area contributed by atoms with E-state index in [1.54, 1.807) is 0 Å². The molecule has 3 heteroatoms. The molecule has 0 aliphatic heterocycles. The molecule has 1 unspecified atom stereocenters. The Morgan fingerprint density at radius 3 is 2.92 bits per heavy atom. The second-order valence-corrected chi connectivity index (χ2v) is 3.03. The van der Waals surface area contributed by atoms with Crippen LogP contribution >= 0.6 is 0 Å². The van der Waals surface area contributed by atoms with Crippen molar-refractivity contribution in [3.05, 3.63) is 24.4 Å². The van der Waals surface area contributed by atoms with Crippen LogP contribution in [0.25, 0.3) is 0 Å². The number of anilines is 1. The lowest BCUT2D eigenvalue weighted by Gasteiger charge is -2.10. The van der Waals surface area contributed by atoms with Gasteiger partial charge in [-0.2, -0.15) is 5.10 Å². The third-order valence-corrected chi connectivity index (χ3v) is 1.87. The molecule has 0 fully saturated rings. The molecule has 0 spiro atoms. The first-order chi connectivity index (χ1) is 5.65. The topological polar surface area (TPSA) is 43.8 Å². The first-order valence-corrected chi connectivity index (χ1v) is 4.07. The molecule has 0 saturated heterocycles. The summed E-state index contributed by atoms with van der Waals surface area (Å²) in [7, 11) is 0. The molecule has 1 rings (SSSR count). The summed E-state index contributed by atoms with van der Waals surface area (Å²) in [5.41, 5.74) is 6.65. The Morgan fingerprint density at radius 1 is 1.83 bits per heavy atom. The Balaban J connectivity index is 2.85. The molecule has 66 valence electrons. The van der Waals surface area contributed by atoms with Crippen LogP contribution in [-0.4, -0.2) is 9.78 Å². The highest BCUT2D eigenvalue weighted by Gasteiger charge is 2.06. The van der Waals surface area contributed by atoms with Crippen LogP contribution in [0.3, 0.4) is 0 Å². The molecular weight excluding hydrogens is 150 g/mol. The average Bonchev–Trinajstić information content (AvgIpc) is 2.30. The number of allylic oxidation sites excluding steroid dienone is 1. The monoisotopic (exact) mass is 165 g/mol. The molecule has 0 aliphatic carbocycles. The predicted molar refractivity (Wildman–Crippen MR) is 50.9 cm³/mol. The second kappa shape index (κ2) is 3.43. The van der Waals surface area contributed by atoms with E-state index in [1.165, 1.54) is 0 Å². The van der Waals surface area contributed by atoms with Crippen LogP contribution in [0.1, 0.15) is 25.1 Å². The molecule has 0 aliphatic rings. The van der Waals surface area contributed by atoms with E-state index in [9.17, 15) is 0 Å². The summed E-state index contributed by atoms with van der Waals surface area (Å²) < 4.78 is 1.93. The normalized spacial score (nSPS) is 12.8. The molecule has 3 nitrogen and oxygen atoms in total. The van der Waals surface area contributed by atoms with Gasteiger partial charge in [-0.25, -0.2) is 0 Å². The van der Waals surface area contributed by atoms with Crippen molar-refractivity contribution in [2.75, 3.05) is 5.73 Å². The lowest BCUT2D eigenvalue weighted by atomic mass is 10.2. The number of nitrogens with two attached hydrogens (primary N) is 1. The highest BCUT2D eigenvalue weighted by molar-refractivity contribution is 5.29. The van der Waals surface area contributed by atoms with E-state index in [-0.39, 0.29) is 0 Å². The van der Waals surface area contributed by atoms with Crippen molar-refractivity contribution in [1.29, 1.82) is 0 Å². The zero-order valence-electron chi connectivity index (χ0n) is 7.62. The molecule has 0 saturated carbocycles. The van der Waals surface area contributed by atoms with Crippen LogP contribution in [0.4, 0.5) is 5.82 Å². The molecule has 1 atom stereocenters. The Hall–Kier alpha value is -1.25. The van der Waals surface area contributed by atoms with Gasteiger partial charge in [0, 0.05) is 11.8 Å². The van der Waals surface area contributed by atoms with Crippen LogP contribution < -0.4 is 5.73 Å². The second-order valence-electron chi connectivity index (χ2n) is 3.03. The van der Waals surface area contributed by atoms with Gasteiger partial charge in [-0.05, 0) is 20.3 Å². The Labute approximate surface area is 72.9 Å². The van der Waals surface area contributed by atoms with E-state index in [0.717, 1.165) is 12.1 Å². The fraction of sp³-hybridized carbons (Fsp3) is 0.444. The fourth-order valence-corrected chi connectivity index (χ4v) is 1.30. The van der Waals surface area contributed by atoms with E-state index in [4.69, 9.17) is 5.73 Å². The number of rotatable bonds is 3. The molecule has 1 heterocycles. The van der Waals surface area contributed by atoms with Crippen molar-refractivity contribution < 1.29 is 0 Å². The number of nitrogen functional groups attached to an aromatic ring is 1. The van der Waals surface area contributed by atoms with Gasteiger partial charge >= 0.3 is 0 Å². The molecule has 1 aromatic rings. The molecule has 0 bridgehead atoms. The van der Waals surface area contributed by atoms with E-state index < -0.39 is 0 Å². The Kier molecular flexibility index (Phi) is 2.53. The minimum absolute atomic E-state index is 0.347. The lowest BCUT2D eigenvalue weighted by molar-refractivity contribution is 0.487. The minimum Gasteiger partial charge on any atom is -0.382 e. The smallest absolute Gasteiger partial charge is 0.145 e. The van der Waals surface area contributed by atoms with Gasteiger partial charge in [0.05, 0.1) is 6.04 Å². The molecule has 12 heavy (non-hydrogen) atoms. The fourth-order valence-electron chi connectivity index (χ4n) is 1.30. The molecule has 0 amide bonds. The number of aromatic nitrogens is 2. The van der Waals surface area contributed by atoms with Crippen molar-refractivity contribution in [1.82, 2.24) is 9.78 Å². The van der Waals surface area contributed by atoms with Gasteiger partial charge in [0.1, 0.15) is 5.82 Å². The summed E-state index contributed by atoms with van der Waals surface area (Å²) >= 11 is 0. The molecular formula is C9H15N3. The van der Waals surface area contributed by atoms with E-state index in [2.05, 4.69) is 18.6 Å². The van der Waals surface area contributed by atoms with E-state index in [1.807, 2.05) is 23.7 Å². The molecule has 2 N–H and O–H groups in total. The maximum absolute atomic E-state index is 5.56. The highest BCUT2D eigenvalue weighted by Crippen LogP contribution is 2.14. The van der Waals surface area contributed by atoms with Gasteiger partial charge in [-0.1, -0.05) is 6.08 Å². The predicted octanol–water partition coefficient (Wildman–Crippen LogP) is 1.91. The Bertz CT molecular complexity index is 275. The van der Waals surface area contributed by atoms with Crippen LogP contribution in [0.15, 0.2) is 18.7 Å². The summed E-state index contributed by atoms with van der Waals surface area (Å²) in [5.74, 6) is 0.586. The number of hydrogen-bond donors (Lipinski definition) is 1. The van der Waals surface area contributed by atoms with Gasteiger partial charge < -0.3 is 5.73 Å². The van der Waals surface area contributed by atoms with Crippen molar-refractivity contribution in [2.24, 2.45) is 0 Å². The summed E-state index contributed by atoms with van der Waals surface area (Å²) in [6, 6.07) is 2.22. The zero-order chi connectivity index (χ0) is 9.14. The SMILES string of the molecule is C=CCC(C)n1nc(N)cc1C. The standard InChI is InChI=1S/C9H15N3/c1-4-5-7(2)12-8(3)6-9(10)11-12/h4,6-7H,1,5H2,2-3H3,(H2,10,11). The summed E-state index contributed by atoms with van der Waals surface area (Å²) in [4.78, 5) is 0. The molecule has 1 aromatic heterocycles. The van der Waals surface area contributed by atoms with Gasteiger partial charge in [0.2, 0.25) is 0 Å².